The smallest absolute Gasteiger partial charge is 0.326 e. The van der Waals surface area contributed by atoms with E-state index in [9.17, 15) is 9.18 Å². The van der Waals surface area contributed by atoms with Crippen LogP contribution in [0, 0.1) is 5.82 Å². The lowest BCUT2D eigenvalue weighted by Crippen LogP contribution is -2.19. The maximum atomic E-state index is 12.9. The number of rotatable bonds is 2. The highest BCUT2D eigenvalue weighted by atomic mass is 79.9. The third kappa shape index (κ3) is 3.32. The van der Waals surface area contributed by atoms with E-state index in [1.807, 2.05) is 0 Å². The van der Waals surface area contributed by atoms with Gasteiger partial charge >= 0.3 is 6.03 Å². The van der Waals surface area contributed by atoms with Crippen molar-refractivity contribution in [2.24, 2.45) is 0 Å². The minimum Gasteiger partial charge on any atom is -0.434 e. The molecule has 0 saturated heterocycles. The molecule has 0 unspecified atom stereocenters. The van der Waals surface area contributed by atoms with Crippen molar-refractivity contribution in [3.8, 4) is 0 Å². The number of anilines is 2. The summed E-state index contributed by atoms with van der Waals surface area (Å²) in [6.45, 7) is 0. The molecule has 2 aromatic rings. The summed E-state index contributed by atoms with van der Waals surface area (Å²) in [7, 11) is 0. The Hall–Kier alpha value is -1.82. The molecule has 0 aliphatic carbocycles. The molecule has 4 nitrogen and oxygen atoms in total. The molecule has 1 heterocycles. The molecule has 1 aromatic carbocycles. The highest BCUT2D eigenvalue weighted by Gasteiger charge is 2.05. The minimum atomic E-state index is -0.502. The van der Waals surface area contributed by atoms with E-state index in [-0.39, 0.29) is 0 Å². The monoisotopic (exact) mass is 298 g/mol. The number of benzene rings is 1. The molecule has 6 heteroatoms. The first-order chi connectivity index (χ1) is 8.13. The zero-order chi connectivity index (χ0) is 12.3. The van der Waals surface area contributed by atoms with Gasteiger partial charge in [-0.1, -0.05) is 6.07 Å². The summed E-state index contributed by atoms with van der Waals surface area (Å²) in [4.78, 5) is 11.5. The highest BCUT2D eigenvalue weighted by Crippen LogP contribution is 2.18. The van der Waals surface area contributed by atoms with Gasteiger partial charge in [0.25, 0.3) is 0 Å². The molecular weight excluding hydrogens is 291 g/mol. The van der Waals surface area contributed by atoms with E-state index >= 15 is 0 Å². The first-order valence-electron chi connectivity index (χ1n) is 4.72. The van der Waals surface area contributed by atoms with Crippen LogP contribution < -0.4 is 10.6 Å². The van der Waals surface area contributed by atoms with E-state index in [1.165, 1.54) is 18.2 Å². The molecule has 0 radical (unpaired) electrons. The molecule has 0 aliphatic heterocycles. The van der Waals surface area contributed by atoms with Gasteiger partial charge in [0.2, 0.25) is 5.88 Å². The number of halogens is 2. The second-order valence-corrected chi connectivity index (χ2v) is 3.97. The predicted octanol–water partition coefficient (Wildman–Crippen LogP) is 3.83. The quantitative estimate of drug-likeness (QED) is 0.885. The van der Waals surface area contributed by atoms with Crippen LogP contribution in [0.15, 0.2) is 45.5 Å². The van der Waals surface area contributed by atoms with Crippen LogP contribution in [-0.4, -0.2) is 6.03 Å². The fraction of sp³-hybridized carbons (Fsp3) is 0. The fourth-order valence-electron chi connectivity index (χ4n) is 1.22. The van der Waals surface area contributed by atoms with Crippen LogP contribution in [-0.2, 0) is 0 Å². The molecule has 2 amide bonds. The van der Waals surface area contributed by atoms with Gasteiger partial charge in [0, 0.05) is 11.8 Å². The summed E-state index contributed by atoms with van der Waals surface area (Å²) < 4.78 is 18.5. The third-order valence-corrected chi connectivity index (χ3v) is 2.32. The summed E-state index contributed by atoms with van der Waals surface area (Å²) in [5.41, 5.74) is 0.369. The van der Waals surface area contributed by atoms with E-state index < -0.39 is 11.8 Å². The first-order valence-corrected chi connectivity index (χ1v) is 5.52. The largest absolute Gasteiger partial charge is 0.434 e. The number of furan rings is 1. The second-order valence-electron chi connectivity index (χ2n) is 3.19. The summed E-state index contributed by atoms with van der Waals surface area (Å²) in [6.07, 6.45) is 0. The first kappa shape index (κ1) is 11.7. The lowest BCUT2D eigenvalue weighted by atomic mass is 10.3. The molecule has 0 saturated carbocycles. The molecule has 0 spiro atoms. The molecule has 17 heavy (non-hydrogen) atoms. The van der Waals surface area contributed by atoms with E-state index in [0.29, 0.717) is 16.2 Å². The Kier molecular flexibility index (Phi) is 3.43. The van der Waals surface area contributed by atoms with Crippen molar-refractivity contribution < 1.29 is 13.6 Å². The molecule has 1 aromatic heterocycles. The molecule has 0 aliphatic rings. The summed E-state index contributed by atoms with van der Waals surface area (Å²) in [5.74, 6) is -0.116. The van der Waals surface area contributed by atoms with Crippen LogP contribution in [0.25, 0.3) is 0 Å². The average Bonchev–Trinajstić information content (AvgIpc) is 2.63. The summed E-state index contributed by atoms with van der Waals surface area (Å²) >= 11 is 3.11. The Balaban J connectivity index is 1.98. The lowest BCUT2D eigenvalue weighted by molar-refractivity contribution is 0.261. The van der Waals surface area contributed by atoms with Crippen LogP contribution in [0.1, 0.15) is 0 Å². The van der Waals surface area contributed by atoms with Crippen molar-refractivity contribution >= 4 is 33.5 Å². The van der Waals surface area contributed by atoms with Gasteiger partial charge in [0.1, 0.15) is 5.82 Å². The van der Waals surface area contributed by atoms with Crippen molar-refractivity contribution in [3.05, 3.63) is 46.9 Å². The van der Waals surface area contributed by atoms with Gasteiger partial charge in [-0.25, -0.2) is 9.18 Å². The Morgan fingerprint density at radius 3 is 2.71 bits per heavy atom. The average molecular weight is 299 g/mol. The predicted molar refractivity (Wildman–Crippen MR) is 65.4 cm³/mol. The van der Waals surface area contributed by atoms with Gasteiger partial charge in [-0.05, 0) is 40.2 Å². The SMILES string of the molecule is O=C(Nc1cccc(F)c1)Nc1ccc(Br)o1. The van der Waals surface area contributed by atoms with Crippen molar-refractivity contribution in [1.29, 1.82) is 0 Å². The van der Waals surface area contributed by atoms with E-state index in [0.717, 1.165) is 0 Å². The minimum absolute atomic E-state index is 0.297. The fourth-order valence-corrected chi connectivity index (χ4v) is 1.53. The normalized spacial score (nSPS) is 10.0. The summed E-state index contributed by atoms with van der Waals surface area (Å²) in [6, 6.07) is 8.35. The highest BCUT2D eigenvalue weighted by molar-refractivity contribution is 9.10. The Morgan fingerprint density at radius 1 is 1.24 bits per heavy atom. The van der Waals surface area contributed by atoms with Crippen molar-refractivity contribution in [2.75, 3.05) is 10.6 Å². The molecule has 2 N–H and O–H groups in total. The van der Waals surface area contributed by atoms with Crippen LogP contribution in [0.4, 0.5) is 20.8 Å². The Morgan fingerprint density at radius 2 is 2.06 bits per heavy atom. The van der Waals surface area contributed by atoms with Gasteiger partial charge < -0.3 is 9.73 Å². The number of nitrogens with one attached hydrogen (secondary N) is 2. The van der Waals surface area contributed by atoms with E-state index in [1.54, 1.807) is 18.2 Å². The van der Waals surface area contributed by atoms with Crippen LogP contribution >= 0.6 is 15.9 Å². The number of hydrogen-bond acceptors (Lipinski definition) is 2. The van der Waals surface area contributed by atoms with Gasteiger partial charge in [0.15, 0.2) is 4.67 Å². The lowest BCUT2D eigenvalue weighted by Gasteiger charge is -2.05. The van der Waals surface area contributed by atoms with Gasteiger partial charge in [-0.15, -0.1) is 0 Å². The number of carbonyl (C=O) groups excluding carboxylic acids is 1. The van der Waals surface area contributed by atoms with E-state index in [2.05, 4.69) is 26.6 Å². The van der Waals surface area contributed by atoms with Gasteiger partial charge in [0.05, 0.1) is 0 Å². The topological polar surface area (TPSA) is 54.3 Å². The van der Waals surface area contributed by atoms with E-state index in [4.69, 9.17) is 4.42 Å². The van der Waals surface area contributed by atoms with Gasteiger partial charge in [-0.3, -0.25) is 5.32 Å². The third-order valence-electron chi connectivity index (χ3n) is 1.89. The Labute approximate surface area is 105 Å². The van der Waals surface area contributed by atoms with Crippen molar-refractivity contribution in [1.82, 2.24) is 0 Å². The number of amides is 2. The number of carbonyl (C=O) groups is 1. The van der Waals surface area contributed by atoms with Crippen molar-refractivity contribution in [3.63, 3.8) is 0 Å². The molecular formula is C11H8BrFN2O2. The molecule has 2 rings (SSSR count). The standard InChI is InChI=1S/C11H8BrFN2O2/c12-9-4-5-10(17-9)15-11(16)14-8-3-1-2-7(13)6-8/h1-6H,(H2,14,15,16). The van der Waals surface area contributed by atoms with Crippen molar-refractivity contribution in [2.45, 2.75) is 0 Å². The Bertz CT molecular complexity index is 542. The van der Waals surface area contributed by atoms with Crippen LogP contribution in [0.5, 0.6) is 0 Å². The maximum Gasteiger partial charge on any atom is 0.326 e. The van der Waals surface area contributed by atoms with Crippen LogP contribution in [0.3, 0.4) is 0 Å². The second kappa shape index (κ2) is 5.01. The zero-order valence-corrected chi connectivity index (χ0v) is 10.1. The molecule has 88 valence electrons. The van der Waals surface area contributed by atoms with Crippen LogP contribution in [0.2, 0.25) is 0 Å². The maximum absolute atomic E-state index is 12.9. The van der Waals surface area contributed by atoms with Gasteiger partial charge in [-0.2, -0.15) is 0 Å². The zero-order valence-electron chi connectivity index (χ0n) is 8.54. The summed E-state index contributed by atoms with van der Waals surface area (Å²) in [5, 5.41) is 4.94. The number of hydrogen-bond donors (Lipinski definition) is 2. The number of urea groups is 1. The molecule has 0 bridgehead atoms. The molecule has 0 fully saturated rings. The molecule has 0 atom stereocenters.